The molecule has 1 N–H and O–H groups in total. The number of sulfonamides is 1. The Balaban J connectivity index is 1.63. The zero-order chi connectivity index (χ0) is 17.0. The second-order valence-corrected chi connectivity index (χ2v) is 8.13. The molecule has 3 rings (SSSR count). The van der Waals surface area contributed by atoms with Crippen LogP contribution in [0, 0.1) is 0 Å². The molecule has 2 aliphatic rings. The second kappa shape index (κ2) is 7.63. The third kappa shape index (κ3) is 4.15. The first-order valence-electron chi connectivity index (χ1n) is 8.57. The molecular weight excluding hydrogens is 328 g/mol. The largest absolute Gasteiger partial charge is 0.377 e. The van der Waals surface area contributed by atoms with Crippen LogP contribution in [0.5, 0.6) is 0 Å². The summed E-state index contributed by atoms with van der Waals surface area (Å²) < 4.78 is 32.6. The van der Waals surface area contributed by atoms with Crippen molar-refractivity contribution in [2.24, 2.45) is 0 Å². The van der Waals surface area contributed by atoms with Gasteiger partial charge in [0.25, 0.3) is 5.91 Å². The Hall–Kier alpha value is -1.44. The van der Waals surface area contributed by atoms with Crippen LogP contribution < -0.4 is 4.72 Å². The van der Waals surface area contributed by atoms with E-state index in [4.69, 9.17) is 4.74 Å². The summed E-state index contributed by atoms with van der Waals surface area (Å²) in [6, 6.07) is 6.18. The standard InChI is InChI=1S/C17H24N2O4S/c20-17(19-10-2-1-3-11-19)14-6-8-16(9-7-14)24(21,22)18-13-15-5-4-12-23-15/h6-9,15,18H,1-5,10-13H2. The predicted octanol–water partition coefficient (Wildman–Crippen LogP) is 1.77. The molecule has 2 aliphatic heterocycles. The number of hydrogen-bond donors (Lipinski definition) is 1. The zero-order valence-electron chi connectivity index (χ0n) is 13.7. The van der Waals surface area contributed by atoms with E-state index in [1.165, 1.54) is 12.1 Å². The number of nitrogens with zero attached hydrogens (tertiary/aromatic N) is 1. The van der Waals surface area contributed by atoms with Crippen LogP contribution in [0.3, 0.4) is 0 Å². The van der Waals surface area contributed by atoms with Crippen molar-refractivity contribution < 1.29 is 17.9 Å². The predicted molar refractivity (Wildman–Crippen MR) is 90.4 cm³/mol. The molecule has 24 heavy (non-hydrogen) atoms. The highest BCUT2D eigenvalue weighted by atomic mass is 32.2. The van der Waals surface area contributed by atoms with Crippen LogP contribution in [0.15, 0.2) is 29.2 Å². The van der Waals surface area contributed by atoms with E-state index in [-0.39, 0.29) is 23.5 Å². The molecule has 2 saturated heterocycles. The molecule has 0 aliphatic carbocycles. The van der Waals surface area contributed by atoms with E-state index in [0.29, 0.717) is 12.2 Å². The lowest BCUT2D eigenvalue weighted by Gasteiger charge is -2.26. The van der Waals surface area contributed by atoms with E-state index in [1.54, 1.807) is 12.1 Å². The Bertz CT molecular complexity index is 660. The number of benzene rings is 1. The molecule has 0 aromatic heterocycles. The number of piperidine rings is 1. The van der Waals surface area contributed by atoms with Gasteiger partial charge in [-0.1, -0.05) is 0 Å². The molecule has 0 bridgehead atoms. The summed E-state index contributed by atoms with van der Waals surface area (Å²) in [5.41, 5.74) is 0.537. The topological polar surface area (TPSA) is 75.7 Å². The second-order valence-electron chi connectivity index (χ2n) is 6.36. The zero-order valence-corrected chi connectivity index (χ0v) is 14.6. The summed E-state index contributed by atoms with van der Waals surface area (Å²) in [5.74, 6) is -0.0223. The number of rotatable bonds is 5. The van der Waals surface area contributed by atoms with Crippen LogP contribution in [0.1, 0.15) is 42.5 Å². The summed E-state index contributed by atoms with van der Waals surface area (Å²) in [7, 11) is -3.57. The van der Waals surface area contributed by atoms with Gasteiger partial charge in [-0.05, 0) is 56.4 Å². The van der Waals surface area contributed by atoms with Gasteiger partial charge in [0.15, 0.2) is 0 Å². The molecule has 1 aromatic rings. The Morgan fingerprint density at radius 1 is 1.12 bits per heavy atom. The van der Waals surface area contributed by atoms with Crippen LogP contribution in [0.4, 0.5) is 0 Å². The van der Waals surface area contributed by atoms with Crippen LogP contribution in [-0.4, -0.2) is 51.6 Å². The minimum Gasteiger partial charge on any atom is -0.377 e. The van der Waals surface area contributed by atoms with Gasteiger partial charge in [0, 0.05) is 31.8 Å². The van der Waals surface area contributed by atoms with Crippen molar-refractivity contribution in [3.05, 3.63) is 29.8 Å². The number of hydrogen-bond acceptors (Lipinski definition) is 4. The van der Waals surface area contributed by atoms with Crippen molar-refractivity contribution in [3.8, 4) is 0 Å². The van der Waals surface area contributed by atoms with Crippen molar-refractivity contribution in [1.29, 1.82) is 0 Å². The van der Waals surface area contributed by atoms with Crippen molar-refractivity contribution in [2.45, 2.75) is 43.1 Å². The number of likely N-dealkylation sites (tertiary alicyclic amines) is 1. The summed E-state index contributed by atoms with van der Waals surface area (Å²) >= 11 is 0. The third-order valence-corrected chi connectivity index (χ3v) is 6.02. The number of carbonyl (C=O) groups excluding carboxylic acids is 1. The van der Waals surface area contributed by atoms with Crippen LogP contribution >= 0.6 is 0 Å². The fraction of sp³-hybridized carbons (Fsp3) is 0.588. The van der Waals surface area contributed by atoms with Gasteiger partial charge in [0.1, 0.15) is 0 Å². The lowest BCUT2D eigenvalue weighted by Crippen LogP contribution is -2.35. The quantitative estimate of drug-likeness (QED) is 0.876. The molecule has 2 heterocycles. The lowest BCUT2D eigenvalue weighted by molar-refractivity contribution is 0.0724. The van der Waals surface area contributed by atoms with Crippen molar-refractivity contribution >= 4 is 15.9 Å². The minimum absolute atomic E-state index is 0.0223. The first-order chi connectivity index (χ1) is 11.6. The van der Waals surface area contributed by atoms with Crippen molar-refractivity contribution in [3.63, 3.8) is 0 Å². The third-order valence-electron chi connectivity index (χ3n) is 4.58. The fourth-order valence-corrected chi connectivity index (χ4v) is 4.21. The van der Waals surface area contributed by atoms with E-state index in [9.17, 15) is 13.2 Å². The Labute approximate surface area is 143 Å². The summed E-state index contributed by atoms with van der Waals surface area (Å²) in [6.07, 6.45) is 5.04. The smallest absolute Gasteiger partial charge is 0.253 e. The van der Waals surface area contributed by atoms with Crippen molar-refractivity contribution in [1.82, 2.24) is 9.62 Å². The van der Waals surface area contributed by atoms with Crippen LogP contribution in [0.2, 0.25) is 0 Å². The molecule has 1 amide bonds. The highest BCUT2D eigenvalue weighted by molar-refractivity contribution is 7.89. The number of carbonyl (C=O) groups is 1. The summed E-state index contributed by atoms with van der Waals surface area (Å²) in [6.45, 7) is 2.54. The average Bonchev–Trinajstić information content (AvgIpc) is 3.14. The van der Waals surface area contributed by atoms with Gasteiger partial charge in [-0.25, -0.2) is 13.1 Å². The minimum atomic E-state index is -3.57. The van der Waals surface area contributed by atoms with E-state index in [0.717, 1.165) is 45.2 Å². The highest BCUT2D eigenvalue weighted by Gasteiger charge is 2.22. The first kappa shape index (κ1) is 17.4. The molecular formula is C17H24N2O4S. The number of amides is 1. The maximum Gasteiger partial charge on any atom is 0.253 e. The molecule has 2 fully saturated rings. The summed E-state index contributed by atoms with van der Waals surface area (Å²) in [5, 5.41) is 0. The Morgan fingerprint density at radius 2 is 1.83 bits per heavy atom. The Morgan fingerprint density at radius 3 is 2.46 bits per heavy atom. The molecule has 1 atom stereocenters. The van der Waals surface area contributed by atoms with E-state index in [1.807, 2.05) is 4.90 Å². The van der Waals surface area contributed by atoms with Gasteiger partial charge in [-0.2, -0.15) is 0 Å². The monoisotopic (exact) mass is 352 g/mol. The van der Waals surface area contributed by atoms with Gasteiger partial charge in [0.05, 0.1) is 11.0 Å². The maximum absolute atomic E-state index is 12.4. The molecule has 0 saturated carbocycles. The molecule has 132 valence electrons. The molecule has 1 aromatic carbocycles. The number of nitrogens with one attached hydrogen (secondary N) is 1. The lowest BCUT2D eigenvalue weighted by atomic mass is 10.1. The molecule has 0 spiro atoms. The highest BCUT2D eigenvalue weighted by Crippen LogP contribution is 2.16. The summed E-state index contributed by atoms with van der Waals surface area (Å²) in [4.78, 5) is 14.4. The molecule has 7 heteroatoms. The number of ether oxygens (including phenoxy) is 1. The fourth-order valence-electron chi connectivity index (χ4n) is 3.15. The van der Waals surface area contributed by atoms with E-state index >= 15 is 0 Å². The van der Waals surface area contributed by atoms with E-state index in [2.05, 4.69) is 4.72 Å². The van der Waals surface area contributed by atoms with Gasteiger partial charge in [0.2, 0.25) is 10.0 Å². The van der Waals surface area contributed by atoms with Gasteiger partial charge in [-0.15, -0.1) is 0 Å². The maximum atomic E-state index is 12.4. The van der Waals surface area contributed by atoms with Gasteiger partial charge < -0.3 is 9.64 Å². The molecule has 1 unspecified atom stereocenters. The average molecular weight is 352 g/mol. The van der Waals surface area contributed by atoms with Gasteiger partial charge in [-0.3, -0.25) is 4.79 Å². The molecule has 0 radical (unpaired) electrons. The van der Waals surface area contributed by atoms with Crippen LogP contribution in [0.25, 0.3) is 0 Å². The normalized spacial score (nSPS) is 21.8. The first-order valence-corrected chi connectivity index (χ1v) is 10.1. The van der Waals surface area contributed by atoms with Crippen molar-refractivity contribution in [2.75, 3.05) is 26.2 Å². The van der Waals surface area contributed by atoms with Crippen LogP contribution in [-0.2, 0) is 14.8 Å². The van der Waals surface area contributed by atoms with Gasteiger partial charge >= 0.3 is 0 Å². The Kier molecular flexibility index (Phi) is 5.53. The molecule has 6 nitrogen and oxygen atoms in total. The SMILES string of the molecule is O=C(c1ccc(S(=O)(=O)NCC2CCCO2)cc1)N1CCCCC1. The van der Waals surface area contributed by atoms with E-state index < -0.39 is 10.0 Å².